The predicted molar refractivity (Wildman–Crippen MR) is 70.5 cm³/mol. The molecule has 0 radical (unpaired) electrons. The molecule has 0 saturated heterocycles. The van der Waals surface area contributed by atoms with Gasteiger partial charge in [0, 0.05) is 11.3 Å². The molecule has 2 rings (SSSR count). The molecular formula is C13H13NO3S. The minimum atomic E-state index is -0.367. The van der Waals surface area contributed by atoms with Gasteiger partial charge in [-0.1, -0.05) is 30.5 Å². The van der Waals surface area contributed by atoms with E-state index >= 15 is 0 Å². The lowest BCUT2D eigenvalue weighted by atomic mass is 10.3. The van der Waals surface area contributed by atoms with Gasteiger partial charge >= 0.3 is 5.97 Å². The molecule has 1 heterocycles. The van der Waals surface area contributed by atoms with E-state index in [9.17, 15) is 4.79 Å². The van der Waals surface area contributed by atoms with E-state index < -0.39 is 0 Å². The molecule has 0 aliphatic rings. The molecule has 94 valence electrons. The molecule has 0 saturated carbocycles. The van der Waals surface area contributed by atoms with Gasteiger partial charge in [0.15, 0.2) is 5.58 Å². The number of nitrogens with zero attached hydrogens (tertiary/aromatic N) is 1. The summed E-state index contributed by atoms with van der Waals surface area (Å²) in [6.45, 7) is 5.44. The van der Waals surface area contributed by atoms with Gasteiger partial charge in [-0.05, 0) is 19.1 Å². The number of hydrogen-bond donors (Lipinski definition) is 0. The molecule has 1 aromatic heterocycles. The van der Waals surface area contributed by atoms with Crippen molar-refractivity contribution in [2.45, 2.75) is 12.1 Å². The van der Waals surface area contributed by atoms with Gasteiger partial charge in [-0.15, -0.1) is 0 Å². The summed E-state index contributed by atoms with van der Waals surface area (Å²) >= 11 is 1.42. The van der Waals surface area contributed by atoms with E-state index in [1.807, 2.05) is 24.3 Å². The summed E-state index contributed by atoms with van der Waals surface area (Å²) in [6, 6.07) is 7.57. The first kappa shape index (κ1) is 12.7. The van der Waals surface area contributed by atoms with E-state index in [0.717, 1.165) is 11.1 Å². The number of esters is 1. The minimum Gasteiger partial charge on any atom is -0.461 e. The normalized spacial score (nSPS) is 10.5. The van der Waals surface area contributed by atoms with Gasteiger partial charge < -0.3 is 9.15 Å². The van der Waals surface area contributed by atoms with Crippen molar-refractivity contribution in [1.82, 2.24) is 4.98 Å². The van der Waals surface area contributed by atoms with Crippen LogP contribution in [0, 0.1) is 0 Å². The minimum absolute atomic E-state index is 0.315. The fraction of sp³-hybridized carbons (Fsp3) is 0.231. The zero-order chi connectivity index (χ0) is 13.0. The smallest absolute Gasteiger partial charge is 0.333 e. The van der Waals surface area contributed by atoms with Gasteiger partial charge in [0.2, 0.25) is 0 Å². The Labute approximate surface area is 109 Å². The third-order valence-corrected chi connectivity index (χ3v) is 2.96. The maximum atomic E-state index is 11.1. The molecule has 18 heavy (non-hydrogen) atoms. The van der Waals surface area contributed by atoms with Crippen LogP contribution >= 0.6 is 11.8 Å². The summed E-state index contributed by atoms with van der Waals surface area (Å²) in [5, 5.41) is 0.586. The number of benzene rings is 1. The standard InChI is InChI=1S/C13H13NO3S/c1-9(2)12(15)16-7-8-18-13-14-10-5-3-4-6-11(10)17-13/h3-6H,1,7-8H2,2H3. The molecule has 0 amide bonds. The highest BCUT2D eigenvalue weighted by Crippen LogP contribution is 2.22. The molecule has 0 unspecified atom stereocenters. The van der Waals surface area contributed by atoms with Crippen molar-refractivity contribution >= 4 is 28.8 Å². The SMILES string of the molecule is C=C(C)C(=O)OCCSc1nc2ccccc2o1. The van der Waals surface area contributed by atoms with E-state index in [1.165, 1.54) is 11.8 Å². The molecule has 0 N–H and O–H groups in total. The van der Waals surface area contributed by atoms with Crippen molar-refractivity contribution in [3.05, 3.63) is 36.4 Å². The van der Waals surface area contributed by atoms with Crippen LogP contribution < -0.4 is 0 Å². The summed E-state index contributed by atoms with van der Waals surface area (Å²) in [7, 11) is 0. The lowest BCUT2D eigenvalue weighted by Crippen LogP contribution is -2.07. The zero-order valence-corrected chi connectivity index (χ0v) is 10.8. The van der Waals surface area contributed by atoms with Crippen LogP contribution in [0.1, 0.15) is 6.92 Å². The highest BCUT2D eigenvalue weighted by molar-refractivity contribution is 7.99. The molecule has 0 aliphatic carbocycles. The third kappa shape index (κ3) is 3.13. The Morgan fingerprint density at radius 2 is 2.28 bits per heavy atom. The first-order valence-electron chi connectivity index (χ1n) is 5.48. The highest BCUT2D eigenvalue weighted by Gasteiger charge is 2.06. The number of hydrogen-bond acceptors (Lipinski definition) is 5. The number of carbonyl (C=O) groups excluding carboxylic acids is 1. The van der Waals surface area contributed by atoms with Crippen molar-refractivity contribution in [3.63, 3.8) is 0 Å². The lowest BCUT2D eigenvalue weighted by molar-refractivity contribution is -0.138. The predicted octanol–water partition coefficient (Wildman–Crippen LogP) is 3.04. The summed E-state index contributed by atoms with van der Waals surface area (Å²) in [4.78, 5) is 15.4. The third-order valence-electron chi connectivity index (χ3n) is 2.16. The van der Waals surface area contributed by atoms with Crippen LogP contribution in [0.25, 0.3) is 11.1 Å². The quantitative estimate of drug-likeness (QED) is 0.359. The van der Waals surface area contributed by atoms with Gasteiger partial charge in [0.05, 0.1) is 0 Å². The fourth-order valence-electron chi connectivity index (χ4n) is 1.30. The van der Waals surface area contributed by atoms with E-state index in [-0.39, 0.29) is 5.97 Å². The number of fused-ring (bicyclic) bond motifs is 1. The Balaban J connectivity index is 1.83. The number of oxazole rings is 1. The van der Waals surface area contributed by atoms with Gasteiger partial charge in [-0.2, -0.15) is 0 Å². The van der Waals surface area contributed by atoms with Crippen LogP contribution in [-0.2, 0) is 9.53 Å². The lowest BCUT2D eigenvalue weighted by Gasteiger charge is -2.01. The van der Waals surface area contributed by atoms with Gasteiger partial charge in [0.25, 0.3) is 5.22 Å². The molecule has 0 fully saturated rings. The average molecular weight is 263 g/mol. The second-order valence-corrected chi connectivity index (χ2v) is 4.76. The molecule has 0 aliphatic heterocycles. The van der Waals surface area contributed by atoms with E-state index in [2.05, 4.69) is 11.6 Å². The maximum Gasteiger partial charge on any atom is 0.333 e. The van der Waals surface area contributed by atoms with E-state index in [4.69, 9.17) is 9.15 Å². The highest BCUT2D eigenvalue weighted by atomic mass is 32.2. The van der Waals surface area contributed by atoms with Crippen molar-refractivity contribution in [1.29, 1.82) is 0 Å². The Hall–Kier alpha value is -1.75. The number of thioether (sulfide) groups is 1. The Morgan fingerprint density at radius 3 is 3.00 bits per heavy atom. The van der Waals surface area contributed by atoms with Crippen molar-refractivity contribution < 1.29 is 13.9 Å². The topological polar surface area (TPSA) is 52.3 Å². The second kappa shape index (κ2) is 5.73. The molecule has 5 heteroatoms. The van der Waals surface area contributed by atoms with Crippen molar-refractivity contribution in [2.75, 3.05) is 12.4 Å². The number of aromatic nitrogens is 1. The maximum absolute atomic E-state index is 11.1. The first-order chi connectivity index (χ1) is 8.66. The van der Waals surface area contributed by atoms with Crippen molar-refractivity contribution in [2.24, 2.45) is 0 Å². The fourth-order valence-corrected chi connectivity index (χ4v) is 1.95. The molecular weight excluding hydrogens is 250 g/mol. The van der Waals surface area contributed by atoms with Gasteiger partial charge in [-0.25, -0.2) is 9.78 Å². The molecule has 0 bridgehead atoms. The molecule has 2 aromatic rings. The summed E-state index contributed by atoms with van der Waals surface area (Å²) in [5.74, 6) is 0.236. The van der Waals surface area contributed by atoms with Crippen LogP contribution in [-0.4, -0.2) is 23.3 Å². The van der Waals surface area contributed by atoms with Crippen molar-refractivity contribution in [3.8, 4) is 0 Å². The number of para-hydroxylation sites is 2. The second-order valence-electron chi connectivity index (χ2n) is 3.71. The molecule has 0 atom stereocenters. The monoisotopic (exact) mass is 263 g/mol. The average Bonchev–Trinajstić information content (AvgIpc) is 2.76. The Morgan fingerprint density at radius 1 is 1.50 bits per heavy atom. The number of ether oxygens (including phenoxy) is 1. The molecule has 4 nitrogen and oxygen atoms in total. The Kier molecular flexibility index (Phi) is 4.04. The summed E-state index contributed by atoms with van der Waals surface area (Å²) < 4.78 is 10.5. The van der Waals surface area contributed by atoms with Crippen LogP contribution in [0.15, 0.2) is 46.1 Å². The largest absolute Gasteiger partial charge is 0.461 e. The van der Waals surface area contributed by atoms with Gasteiger partial charge in [-0.3, -0.25) is 0 Å². The summed E-state index contributed by atoms with van der Waals surface area (Å²) in [5.41, 5.74) is 2.00. The van der Waals surface area contributed by atoms with E-state index in [1.54, 1.807) is 6.92 Å². The molecule has 1 aromatic carbocycles. The zero-order valence-electron chi connectivity index (χ0n) is 10.0. The first-order valence-corrected chi connectivity index (χ1v) is 6.46. The van der Waals surface area contributed by atoms with Crippen LogP contribution in [0.4, 0.5) is 0 Å². The molecule has 0 spiro atoms. The van der Waals surface area contributed by atoms with Crippen LogP contribution in [0.3, 0.4) is 0 Å². The summed E-state index contributed by atoms with van der Waals surface area (Å²) in [6.07, 6.45) is 0. The number of carbonyl (C=O) groups is 1. The number of rotatable bonds is 5. The van der Waals surface area contributed by atoms with Crippen LogP contribution in [0.5, 0.6) is 0 Å². The Bertz CT molecular complexity index is 543. The van der Waals surface area contributed by atoms with Gasteiger partial charge in [0.1, 0.15) is 12.1 Å². The van der Waals surface area contributed by atoms with Crippen LogP contribution in [0.2, 0.25) is 0 Å². The van der Waals surface area contributed by atoms with E-state index in [0.29, 0.717) is 23.2 Å².